The first-order chi connectivity index (χ1) is 10.6. The Morgan fingerprint density at radius 3 is 2.73 bits per heavy atom. The molecule has 0 bridgehead atoms. The molecule has 116 valence electrons. The molecule has 1 aromatic carbocycles. The van der Waals surface area contributed by atoms with Crippen molar-refractivity contribution < 1.29 is 19.4 Å². The van der Waals surface area contributed by atoms with Crippen LogP contribution in [0.4, 0.5) is 0 Å². The summed E-state index contributed by atoms with van der Waals surface area (Å²) in [5.41, 5.74) is -0.257. The number of fused-ring (bicyclic) bond motifs is 1. The second-order valence-electron chi connectivity index (χ2n) is 5.48. The fourth-order valence-corrected chi connectivity index (χ4v) is 3.73. The van der Waals surface area contributed by atoms with Gasteiger partial charge in [0.15, 0.2) is 0 Å². The molecule has 3 rings (SSSR count). The maximum atomic E-state index is 12.3. The zero-order chi connectivity index (χ0) is 15.6. The third-order valence-electron chi connectivity index (χ3n) is 4.05. The molecule has 5 nitrogen and oxygen atoms in total. The van der Waals surface area contributed by atoms with E-state index in [1.807, 2.05) is 29.6 Å². The Bertz CT molecular complexity index is 703. The Hall–Kier alpha value is -1.92. The summed E-state index contributed by atoms with van der Waals surface area (Å²) < 4.78 is 6.34. The van der Waals surface area contributed by atoms with E-state index in [-0.39, 0.29) is 12.3 Å². The van der Waals surface area contributed by atoms with E-state index in [4.69, 9.17) is 4.74 Å². The second kappa shape index (κ2) is 6.06. The molecule has 1 fully saturated rings. The number of hydrogen-bond donors (Lipinski definition) is 2. The third-order valence-corrected chi connectivity index (χ3v) is 5.06. The first-order valence-electron chi connectivity index (χ1n) is 7.18. The Morgan fingerprint density at radius 2 is 2.00 bits per heavy atom. The lowest BCUT2D eigenvalue weighted by Gasteiger charge is -2.33. The maximum Gasteiger partial charge on any atom is 0.329 e. The van der Waals surface area contributed by atoms with Gasteiger partial charge >= 0.3 is 5.97 Å². The molecule has 1 aliphatic heterocycles. The number of carboxylic acid groups (broad SMARTS) is 1. The highest BCUT2D eigenvalue weighted by Crippen LogP contribution is 2.27. The molecule has 2 aromatic rings. The molecular weight excluding hydrogens is 302 g/mol. The van der Waals surface area contributed by atoms with Gasteiger partial charge in [-0.25, -0.2) is 4.79 Å². The van der Waals surface area contributed by atoms with Gasteiger partial charge in [-0.3, -0.25) is 4.79 Å². The number of thiophene rings is 1. The Kier molecular flexibility index (Phi) is 4.13. The minimum absolute atomic E-state index is 0.194. The van der Waals surface area contributed by atoms with Crippen LogP contribution >= 0.6 is 11.3 Å². The maximum absolute atomic E-state index is 12.3. The van der Waals surface area contributed by atoms with Crippen LogP contribution in [0.25, 0.3) is 10.1 Å². The molecule has 0 atom stereocenters. The summed E-state index contributed by atoms with van der Waals surface area (Å²) in [6, 6.07) is 7.90. The largest absolute Gasteiger partial charge is 0.480 e. The average molecular weight is 319 g/mol. The summed E-state index contributed by atoms with van der Waals surface area (Å²) in [6.07, 6.45) is 0.802. The van der Waals surface area contributed by atoms with Gasteiger partial charge in [-0.15, -0.1) is 11.3 Å². The fourth-order valence-electron chi connectivity index (χ4n) is 2.77. The standard InChI is InChI=1S/C16H17NO4S/c18-14(17-16(15(19)20)5-7-21-8-6-16)9-11-10-22-13-4-2-1-3-12(11)13/h1-4,10H,5-9H2,(H,17,18)(H,19,20). The average Bonchev–Trinajstić information content (AvgIpc) is 2.91. The van der Waals surface area contributed by atoms with Gasteiger partial charge in [0.2, 0.25) is 5.91 Å². The number of nitrogens with one attached hydrogen (secondary N) is 1. The quantitative estimate of drug-likeness (QED) is 0.906. The second-order valence-corrected chi connectivity index (χ2v) is 6.39. The molecule has 2 heterocycles. The summed E-state index contributed by atoms with van der Waals surface area (Å²) in [5, 5.41) is 15.2. The number of carboxylic acids is 1. The molecule has 2 N–H and O–H groups in total. The van der Waals surface area contributed by atoms with E-state index >= 15 is 0 Å². The molecule has 22 heavy (non-hydrogen) atoms. The molecule has 1 saturated heterocycles. The summed E-state index contributed by atoms with van der Waals surface area (Å²) in [7, 11) is 0. The van der Waals surface area contributed by atoms with Crippen LogP contribution in [-0.2, 0) is 20.7 Å². The first kappa shape index (κ1) is 15.0. The molecule has 0 radical (unpaired) electrons. The van der Waals surface area contributed by atoms with Crippen molar-refractivity contribution in [1.82, 2.24) is 5.32 Å². The fraction of sp³-hybridized carbons (Fsp3) is 0.375. The zero-order valence-electron chi connectivity index (χ0n) is 12.0. The Morgan fingerprint density at radius 1 is 1.27 bits per heavy atom. The van der Waals surface area contributed by atoms with E-state index in [1.165, 1.54) is 0 Å². The lowest BCUT2D eigenvalue weighted by molar-refractivity contribution is -0.152. The van der Waals surface area contributed by atoms with E-state index in [0.717, 1.165) is 15.6 Å². The van der Waals surface area contributed by atoms with E-state index < -0.39 is 11.5 Å². The molecule has 0 aliphatic carbocycles. The summed E-state index contributed by atoms with van der Waals surface area (Å²) in [4.78, 5) is 23.9. The van der Waals surface area contributed by atoms with Gasteiger partial charge in [-0.2, -0.15) is 0 Å². The van der Waals surface area contributed by atoms with Crippen molar-refractivity contribution in [3.63, 3.8) is 0 Å². The van der Waals surface area contributed by atoms with Gasteiger partial charge in [0.05, 0.1) is 6.42 Å². The first-order valence-corrected chi connectivity index (χ1v) is 8.06. The molecule has 1 amide bonds. The Labute approximate surface area is 131 Å². The minimum atomic E-state index is -1.19. The van der Waals surface area contributed by atoms with Gasteiger partial charge in [0.25, 0.3) is 0 Å². The van der Waals surface area contributed by atoms with Crippen molar-refractivity contribution in [2.24, 2.45) is 0 Å². The Balaban J connectivity index is 1.75. The number of rotatable bonds is 4. The number of benzene rings is 1. The highest BCUT2D eigenvalue weighted by Gasteiger charge is 2.41. The summed E-state index contributed by atoms with van der Waals surface area (Å²) >= 11 is 1.59. The van der Waals surface area contributed by atoms with Crippen LogP contribution in [0, 0.1) is 0 Å². The van der Waals surface area contributed by atoms with Gasteiger partial charge < -0.3 is 15.2 Å². The van der Waals surface area contributed by atoms with Gasteiger partial charge in [0.1, 0.15) is 5.54 Å². The lowest BCUT2D eigenvalue weighted by Crippen LogP contribution is -2.57. The normalized spacial score (nSPS) is 17.3. The number of hydrogen-bond acceptors (Lipinski definition) is 4. The van der Waals surface area contributed by atoms with Crippen LogP contribution in [0.15, 0.2) is 29.6 Å². The molecule has 1 aliphatic rings. The van der Waals surface area contributed by atoms with E-state index in [2.05, 4.69) is 5.32 Å². The highest BCUT2D eigenvalue weighted by molar-refractivity contribution is 7.17. The van der Waals surface area contributed by atoms with E-state index in [9.17, 15) is 14.7 Å². The molecule has 1 aromatic heterocycles. The number of carbonyl (C=O) groups is 2. The van der Waals surface area contributed by atoms with Crippen LogP contribution in [-0.4, -0.2) is 35.7 Å². The minimum Gasteiger partial charge on any atom is -0.480 e. The molecule has 0 spiro atoms. The van der Waals surface area contributed by atoms with Crippen LogP contribution in [0.1, 0.15) is 18.4 Å². The van der Waals surface area contributed by atoms with Crippen molar-refractivity contribution in [1.29, 1.82) is 0 Å². The predicted octanol–water partition coefficient (Wildman–Crippen LogP) is 2.19. The van der Waals surface area contributed by atoms with Crippen molar-refractivity contribution in [3.8, 4) is 0 Å². The van der Waals surface area contributed by atoms with Gasteiger partial charge in [0, 0.05) is 30.8 Å². The molecular formula is C16H17NO4S. The molecule has 0 saturated carbocycles. The van der Waals surface area contributed by atoms with Gasteiger partial charge in [-0.05, 0) is 22.4 Å². The monoisotopic (exact) mass is 319 g/mol. The van der Waals surface area contributed by atoms with E-state index in [0.29, 0.717) is 26.1 Å². The summed E-state index contributed by atoms with van der Waals surface area (Å²) in [6.45, 7) is 0.710. The number of ether oxygens (including phenoxy) is 1. The van der Waals surface area contributed by atoms with Crippen LogP contribution in [0.3, 0.4) is 0 Å². The number of amides is 1. The smallest absolute Gasteiger partial charge is 0.329 e. The lowest BCUT2D eigenvalue weighted by atomic mass is 9.90. The topological polar surface area (TPSA) is 75.6 Å². The molecule has 6 heteroatoms. The van der Waals surface area contributed by atoms with Crippen molar-refractivity contribution in [3.05, 3.63) is 35.2 Å². The van der Waals surface area contributed by atoms with Gasteiger partial charge in [-0.1, -0.05) is 18.2 Å². The number of aliphatic carboxylic acids is 1. The van der Waals surface area contributed by atoms with Crippen molar-refractivity contribution in [2.45, 2.75) is 24.8 Å². The highest BCUT2D eigenvalue weighted by atomic mass is 32.1. The summed E-state index contributed by atoms with van der Waals surface area (Å²) in [5.74, 6) is -1.24. The zero-order valence-corrected chi connectivity index (χ0v) is 12.8. The van der Waals surface area contributed by atoms with Crippen molar-refractivity contribution in [2.75, 3.05) is 13.2 Å². The number of carbonyl (C=O) groups excluding carboxylic acids is 1. The third kappa shape index (κ3) is 2.84. The molecule has 0 unspecified atom stereocenters. The van der Waals surface area contributed by atoms with E-state index in [1.54, 1.807) is 11.3 Å². The predicted molar refractivity (Wildman–Crippen MR) is 84.1 cm³/mol. The van der Waals surface area contributed by atoms with Crippen LogP contribution in [0.2, 0.25) is 0 Å². The SMILES string of the molecule is O=C(Cc1csc2ccccc12)NC1(C(=O)O)CCOCC1. The van der Waals surface area contributed by atoms with Crippen LogP contribution < -0.4 is 5.32 Å². The van der Waals surface area contributed by atoms with Crippen molar-refractivity contribution >= 4 is 33.3 Å². The van der Waals surface area contributed by atoms with Crippen LogP contribution in [0.5, 0.6) is 0 Å².